The molecule has 0 unspecified atom stereocenters. The van der Waals surface area contributed by atoms with Crippen molar-refractivity contribution in [1.82, 2.24) is 4.90 Å². The van der Waals surface area contributed by atoms with Gasteiger partial charge >= 0.3 is 0 Å². The molecule has 0 amide bonds. The predicted octanol–water partition coefficient (Wildman–Crippen LogP) is 1.60. The normalized spacial score (nSPS) is 29.6. The second-order valence-electron chi connectivity index (χ2n) is 5.81. The monoisotopic (exact) mass is 194 g/mol. The zero-order valence-electron chi connectivity index (χ0n) is 9.04. The molecule has 0 aliphatic heterocycles. The Morgan fingerprint density at radius 2 is 1.86 bits per heavy atom. The maximum absolute atomic E-state index is 5.86. The summed E-state index contributed by atoms with van der Waals surface area (Å²) >= 11 is 0. The lowest BCUT2D eigenvalue weighted by Crippen LogP contribution is -2.37. The molecule has 80 valence electrons. The van der Waals surface area contributed by atoms with Crippen LogP contribution in [0.2, 0.25) is 0 Å². The zero-order chi connectivity index (χ0) is 9.60. The van der Waals surface area contributed by atoms with E-state index >= 15 is 0 Å². The largest absolute Gasteiger partial charge is 0.330 e. The van der Waals surface area contributed by atoms with Crippen molar-refractivity contribution in [2.24, 2.45) is 17.1 Å². The van der Waals surface area contributed by atoms with Gasteiger partial charge < -0.3 is 5.73 Å². The van der Waals surface area contributed by atoms with Crippen LogP contribution in [0.1, 0.15) is 38.5 Å². The average Bonchev–Trinajstić information content (AvgIpc) is 2.99. The Bertz CT molecular complexity index is 214. The molecule has 2 heteroatoms. The van der Waals surface area contributed by atoms with Crippen LogP contribution in [-0.4, -0.2) is 30.6 Å². The highest BCUT2D eigenvalue weighted by molar-refractivity contribution is 5.00. The molecule has 3 fully saturated rings. The van der Waals surface area contributed by atoms with E-state index in [-0.39, 0.29) is 0 Å². The Morgan fingerprint density at radius 1 is 1.14 bits per heavy atom. The quantitative estimate of drug-likeness (QED) is 0.696. The first-order valence-corrected chi connectivity index (χ1v) is 6.25. The van der Waals surface area contributed by atoms with Gasteiger partial charge in [-0.3, -0.25) is 4.90 Å². The first-order chi connectivity index (χ1) is 6.81. The molecule has 0 atom stereocenters. The first kappa shape index (κ1) is 9.17. The highest BCUT2D eigenvalue weighted by Gasteiger charge is 2.45. The lowest BCUT2D eigenvalue weighted by molar-refractivity contribution is 0.204. The molecule has 0 aromatic rings. The number of nitrogens with two attached hydrogens (primary N) is 1. The molecular formula is C12H22N2. The van der Waals surface area contributed by atoms with Gasteiger partial charge in [0.15, 0.2) is 0 Å². The molecule has 3 aliphatic rings. The minimum absolute atomic E-state index is 0.553. The second-order valence-corrected chi connectivity index (χ2v) is 5.81. The van der Waals surface area contributed by atoms with Gasteiger partial charge in [-0.15, -0.1) is 0 Å². The summed E-state index contributed by atoms with van der Waals surface area (Å²) in [6, 6.07) is 0.944. The molecule has 2 nitrogen and oxygen atoms in total. The molecule has 0 bridgehead atoms. The Morgan fingerprint density at radius 3 is 2.29 bits per heavy atom. The summed E-state index contributed by atoms with van der Waals surface area (Å²) in [5.41, 5.74) is 6.41. The van der Waals surface area contributed by atoms with Gasteiger partial charge in [0.2, 0.25) is 0 Å². The first-order valence-electron chi connectivity index (χ1n) is 6.25. The van der Waals surface area contributed by atoms with E-state index < -0.39 is 0 Å². The van der Waals surface area contributed by atoms with Crippen molar-refractivity contribution in [3.8, 4) is 0 Å². The van der Waals surface area contributed by atoms with E-state index in [1.807, 2.05) is 0 Å². The third kappa shape index (κ3) is 1.96. The Hall–Kier alpha value is -0.0800. The second kappa shape index (κ2) is 3.21. The maximum atomic E-state index is 5.86. The van der Waals surface area contributed by atoms with E-state index in [1.165, 1.54) is 51.6 Å². The van der Waals surface area contributed by atoms with E-state index in [4.69, 9.17) is 5.73 Å². The van der Waals surface area contributed by atoms with Crippen molar-refractivity contribution in [3.05, 3.63) is 0 Å². The van der Waals surface area contributed by atoms with Gasteiger partial charge in [0, 0.05) is 19.1 Å². The van der Waals surface area contributed by atoms with Crippen molar-refractivity contribution in [1.29, 1.82) is 0 Å². The minimum Gasteiger partial charge on any atom is -0.330 e. The third-order valence-corrected chi connectivity index (χ3v) is 4.18. The van der Waals surface area contributed by atoms with Crippen LogP contribution in [-0.2, 0) is 0 Å². The van der Waals surface area contributed by atoms with Crippen LogP contribution < -0.4 is 5.73 Å². The SMILES string of the molecule is NCC1(CN(CC2CC2)C2CC2)CC1. The molecule has 2 N–H and O–H groups in total. The predicted molar refractivity (Wildman–Crippen MR) is 58.0 cm³/mol. The van der Waals surface area contributed by atoms with Gasteiger partial charge in [-0.25, -0.2) is 0 Å². The molecule has 0 heterocycles. The number of hydrogen-bond donors (Lipinski definition) is 1. The molecule has 0 spiro atoms. The van der Waals surface area contributed by atoms with E-state index in [2.05, 4.69) is 4.90 Å². The summed E-state index contributed by atoms with van der Waals surface area (Å²) in [5.74, 6) is 1.05. The minimum atomic E-state index is 0.553. The van der Waals surface area contributed by atoms with Crippen LogP contribution in [0.3, 0.4) is 0 Å². The van der Waals surface area contributed by atoms with E-state index in [0.29, 0.717) is 5.41 Å². The molecular weight excluding hydrogens is 172 g/mol. The third-order valence-electron chi connectivity index (χ3n) is 4.18. The Balaban J connectivity index is 1.55. The van der Waals surface area contributed by atoms with Crippen LogP contribution in [0.4, 0.5) is 0 Å². The van der Waals surface area contributed by atoms with E-state index in [0.717, 1.165) is 18.5 Å². The molecule has 3 saturated carbocycles. The fourth-order valence-corrected chi connectivity index (χ4v) is 2.45. The van der Waals surface area contributed by atoms with Gasteiger partial charge in [-0.2, -0.15) is 0 Å². The summed E-state index contributed by atoms with van der Waals surface area (Å²) in [6.07, 6.45) is 8.65. The van der Waals surface area contributed by atoms with Crippen LogP contribution in [0.5, 0.6) is 0 Å². The van der Waals surface area contributed by atoms with Crippen LogP contribution in [0.15, 0.2) is 0 Å². The lowest BCUT2D eigenvalue weighted by Gasteiger charge is -2.26. The number of hydrogen-bond acceptors (Lipinski definition) is 2. The smallest absolute Gasteiger partial charge is 0.00967 e. The van der Waals surface area contributed by atoms with Crippen molar-refractivity contribution in [3.63, 3.8) is 0 Å². The van der Waals surface area contributed by atoms with Crippen LogP contribution in [0.25, 0.3) is 0 Å². The Labute approximate surface area is 86.8 Å². The van der Waals surface area contributed by atoms with Crippen molar-refractivity contribution >= 4 is 0 Å². The molecule has 3 rings (SSSR count). The highest BCUT2D eigenvalue weighted by atomic mass is 15.2. The topological polar surface area (TPSA) is 29.3 Å². The summed E-state index contributed by atoms with van der Waals surface area (Å²) < 4.78 is 0. The van der Waals surface area contributed by atoms with Gasteiger partial charge in [-0.1, -0.05) is 0 Å². The summed E-state index contributed by atoms with van der Waals surface area (Å²) in [6.45, 7) is 3.61. The van der Waals surface area contributed by atoms with Crippen molar-refractivity contribution < 1.29 is 0 Å². The highest BCUT2D eigenvalue weighted by Crippen LogP contribution is 2.47. The summed E-state index contributed by atoms with van der Waals surface area (Å²) in [5, 5.41) is 0. The van der Waals surface area contributed by atoms with Gasteiger partial charge in [-0.05, 0) is 56.4 Å². The van der Waals surface area contributed by atoms with Crippen molar-refractivity contribution in [2.45, 2.75) is 44.6 Å². The molecule has 0 aromatic heterocycles. The van der Waals surface area contributed by atoms with Gasteiger partial charge in [0.05, 0.1) is 0 Å². The fraction of sp³-hybridized carbons (Fsp3) is 1.00. The molecule has 0 saturated heterocycles. The number of rotatable bonds is 6. The fourth-order valence-electron chi connectivity index (χ4n) is 2.45. The van der Waals surface area contributed by atoms with Crippen LogP contribution in [0, 0.1) is 11.3 Å². The maximum Gasteiger partial charge on any atom is 0.00967 e. The molecule has 14 heavy (non-hydrogen) atoms. The summed E-state index contributed by atoms with van der Waals surface area (Å²) in [7, 11) is 0. The molecule has 0 radical (unpaired) electrons. The molecule has 3 aliphatic carbocycles. The standard InChI is InChI=1S/C12H22N2/c13-8-12(5-6-12)9-14(11-3-4-11)7-10-1-2-10/h10-11H,1-9,13H2. The van der Waals surface area contributed by atoms with Crippen LogP contribution >= 0.6 is 0 Å². The molecule has 0 aromatic carbocycles. The Kier molecular flexibility index (Phi) is 2.10. The van der Waals surface area contributed by atoms with Gasteiger partial charge in [0.1, 0.15) is 0 Å². The van der Waals surface area contributed by atoms with Gasteiger partial charge in [0.25, 0.3) is 0 Å². The van der Waals surface area contributed by atoms with Crippen molar-refractivity contribution in [2.75, 3.05) is 19.6 Å². The number of nitrogens with zero attached hydrogens (tertiary/aromatic N) is 1. The van der Waals surface area contributed by atoms with E-state index in [1.54, 1.807) is 0 Å². The van der Waals surface area contributed by atoms with E-state index in [9.17, 15) is 0 Å². The average molecular weight is 194 g/mol. The zero-order valence-corrected chi connectivity index (χ0v) is 9.04. The lowest BCUT2D eigenvalue weighted by atomic mass is 10.1. The summed E-state index contributed by atoms with van der Waals surface area (Å²) in [4.78, 5) is 2.76.